The van der Waals surface area contributed by atoms with Crippen LogP contribution < -0.4 is 5.32 Å². The number of halogens is 1. The molecule has 0 aromatic carbocycles. The van der Waals surface area contributed by atoms with Crippen molar-refractivity contribution >= 4 is 0 Å². The van der Waals surface area contributed by atoms with Crippen molar-refractivity contribution in [2.45, 2.75) is 63.2 Å². The van der Waals surface area contributed by atoms with Gasteiger partial charge in [0.1, 0.15) is 6.17 Å². The largest absolute Gasteiger partial charge is 0.304 e. The molecule has 0 aliphatic carbocycles. The van der Waals surface area contributed by atoms with Crippen LogP contribution in [0.2, 0.25) is 0 Å². The highest BCUT2D eigenvalue weighted by Crippen LogP contribution is 2.40. The molecule has 2 rings (SSSR count). The Balaban J connectivity index is 2.20. The van der Waals surface area contributed by atoms with Crippen LogP contribution in [0.25, 0.3) is 0 Å². The zero-order valence-corrected chi connectivity index (χ0v) is 7.99. The van der Waals surface area contributed by atoms with Gasteiger partial charge in [0, 0.05) is 11.1 Å². The first-order valence-electron chi connectivity index (χ1n) is 4.98. The molecule has 0 saturated carbocycles. The highest BCUT2D eigenvalue weighted by molar-refractivity contribution is 5.06. The van der Waals surface area contributed by atoms with Gasteiger partial charge < -0.3 is 5.32 Å². The first-order chi connectivity index (χ1) is 5.54. The lowest BCUT2D eigenvalue weighted by atomic mass is 9.70. The van der Waals surface area contributed by atoms with Crippen molar-refractivity contribution < 1.29 is 4.39 Å². The summed E-state index contributed by atoms with van der Waals surface area (Å²) in [6, 6.07) is 0. The zero-order valence-electron chi connectivity index (χ0n) is 7.99. The van der Waals surface area contributed by atoms with Gasteiger partial charge in [-0.2, -0.15) is 0 Å². The van der Waals surface area contributed by atoms with E-state index in [1.165, 1.54) is 12.8 Å². The summed E-state index contributed by atoms with van der Waals surface area (Å²) in [5.74, 6) is 0. The van der Waals surface area contributed by atoms with Crippen molar-refractivity contribution in [2.24, 2.45) is 0 Å². The fraction of sp³-hybridized carbons (Fsp3) is 1.00. The van der Waals surface area contributed by atoms with Crippen molar-refractivity contribution in [3.63, 3.8) is 0 Å². The molecule has 1 N–H and O–H groups in total. The van der Waals surface area contributed by atoms with E-state index < -0.39 is 6.17 Å². The van der Waals surface area contributed by atoms with Gasteiger partial charge in [-0.3, -0.25) is 0 Å². The Hall–Kier alpha value is -0.110. The van der Waals surface area contributed by atoms with Crippen LogP contribution in [0.1, 0.15) is 46.0 Å². The third kappa shape index (κ3) is 1.17. The smallest absolute Gasteiger partial charge is 0.118 e. The van der Waals surface area contributed by atoms with Gasteiger partial charge in [-0.15, -0.1) is 0 Å². The van der Waals surface area contributed by atoms with Crippen LogP contribution in [0.3, 0.4) is 0 Å². The van der Waals surface area contributed by atoms with E-state index in [1.807, 2.05) is 6.92 Å². The SMILES string of the molecule is C[C@]12CCC[C@](C)(N1)[C@H](F)CC2. The molecule has 0 aromatic heterocycles. The zero-order chi connectivity index (χ0) is 8.82. The lowest BCUT2D eigenvalue weighted by molar-refractivity contribution is 0.0179. The second-order valence-corrected chi connectivity index (χ2v) is 4.96. The van der Waals surface area contributed by atoms with Crippen molar-refractivity contribution in [1.82, 2.24) is 5.32 Å². The van der Waals surface area contributed by atoms with Gasteiger partial charge in [-0.05, 0) is 46.0 Å². The molecule has 0 radical (unpaired) electrons. The van der Waals surface area contributed by atoms with Crippen LogP contribution in [0.4, 0.5) is 4.39 Å². The molecule has 2 fully saturated rings. The Kier molecular flexibility index (Phi) is 1.73. The lowest BCUT2D eigenvalue weighted by Gasteiger charge is -2.52. The third-order valence-electron chi connectivity index (χ3n) is 3.65. The van der Waals surface area contributed by atoms with E-state index in [-0.39, 0.29) is 11.1 Å². The average molecular weight is 171 g/mol. The summed E-state index contributed by atoms with van der Waals surface area (Å²) < 4.78 is 13.5. The van der Waals surface area contributed by atoms with Gasteiger partial charge in [-0.25, -0.2) is 4.39 Å². The van der Waals surface area contributed by atoms with Crippen molar-refractivity contribution in [3.05, 3.63) is 0 Å². The van der Waals surface area contributed by atoms with Crippen LogP contribution >= 0.6 is 0 Å². The quantitative estimate of drug-likeness (QED) is 0.590. The summed E-state index contributed by atoms with van der Waals surface area (Å²) in [6.45, 7) is 4.27. The number of piperidine rings is 2. The van der Waals surface area contributed by atoms with Gasteiger partial charge in [0.05, 0.1) is 0 Å². The fourth-order valence-corrected chi connectivity index (χ4v) is 2.85. The van der Waals surface area contributed by atoms with Crippen LogP contribution in [0, 0.1) is 0 Å². The Labute approximate surface area is 73.7 Å². The molecule has 3 atom stereocenters. The van der Waals surface area contributed by atoms with Crippen LogP contribution in [-0.4, -0.2) is 17.2 Å². The predicted molar refractivity (Wildman–Crippen MR) is 47.9 cm³/mol. The molecule has 2 aliphatic heterocycles. The maximum absolute atomic E-state index is 13.5. The highest BCUT2D eigenvalue weighted by atomic mass is 19.1. The minimum Gasteiger partial charge on any atom is -0.304 e. The van der Waals surface area contributed by atoms with Crippen molar-refractivity contribution in [2.75, 3.05) is 0 Å². The Morgan fingerprint density at radius 1 is 1.25 bits per heavy atom. The average Bonchev–Trinajstić information content (AvgIpc) is 1.98. The molecule has 2 saturated heterocycles. The summed E-state index contributed by atoms with van der Waals surface area (Å²) >= 11 is 0. The van der Waals surface area contributed by atoms with Gasteiger partial charge in [0.2, 0.25) is 0 Å². The minimum atomic E-state index is -0.633. The monoisotopic (exact) mass is 171 g/mol. The van der Waals surface area contributed by atoms with E-state index in [2.05, 4.69) is 12.2 Å². The molecule has 0 unspecified atom stereocenters. The maximum atomic E-state index is 13.5. The van der Waals surface area contributed by atoms with E-state index in [4.69, 9.17) is 0 Å². The summed E-state index contributed by atoms with van der Waals surface area (Å²) in [4.78, 5) is 0. The number of hydrogen-bond acceptors (Lipinski definition) is 1. The number of alkyl halides is 1. The van der Waals surface area contributed by atoms with E-state index in [1.54, 1.807) is 0 Å². The summed E-state index contributed by atoms with van der Waals surface area (Å²) in [6.07, 6.45) is 4.52. The Morgan fingerprint density at radius 2 is 2.00 bits per heavy atom. The van der Waals surface area contributed by atoms with Crippen molar-refractivity contribution in [1.29, 1.82) is 0 Å². The molecule has 2 heteroatoms. The molecular weight excluding hydrogens is 153 g/mol. The number of rotatable bonds is 0. The predicted octanol–water partition coefficient (Wildman–Crippen LogP) is 2.41. The summed E-state index contributed by atoms with van der Waals surface area (Å²) in [7, 11) is 0. The second kappa shape index (κ2) is 2.44. The maximum Gasteiger partial charge on any atom is 0.118 e. The minimum absolute atomic E-state index is 0.217. The fourth-order valence-electron chi connectivity index (χ4n) is 2.85. The molecule has 2 aliphatic rings. The molecule has 70 valence electrons. The normalized spacial score (nSPS) is 53.8. The third-order valence-corrected chi connectivity index (χ3v) is 3.65. The Bertz CT molecular complexity index is 194. The molecule has 0 aromatic rings. The van der Waals surface area contributed by atoms with Crippen LogP contribution in [0.15, 0.2) is 0 Å². The van der Waals surface area contributed by atoms with Crippen molar-refractivity contribution in [3.8, 4) is 0 Å². The molecule has 2 heterocycles. The topological polar surface area (TPSA) is 12.0 Å². The van der Waals surface area contributed by atoms with Gasteiger partial charge in [0.25, 0.3) is 0 Å². The van der Waals surface area contributed by atoms with E-state index in [9.17, 15) is 4.39 Å². The molecule has 0 spiro atoms. The first-order valence-corrected chi connectivity index (χ1v) is 4.98. The molecule has 2 bridgehead atoms. The molecule has 1 nitrogen and oxygen atoms in total. The summed E-state index contributed by atoms with van der Waals surface area (Å²) in [5, 5.41) is 3.48. The van der Waals surface area contributed by atoms with Gasteiger partial charge in [-0.1, -0.05) is 0 Å². The highest BCUT2D eigenvalue weighted by Gasteiger charge is 2.47. The van der Waals surface area contributed by atoms with Crippen LogP contribution in [0.5, 0.6) is 0 Å². The molecule has 12 heavy (non-hydrogen) atoms. The van der Waals surface area contributed by atoms with E-state index in [0.717, 1.165) is 19.3 Å². The lowest BCUT2D eigenvalue weighted by Crippen LogP contribution is -2.66. The number of hydrogen-bond donors (Lipinski definition) is 1. The van der Waals surface area contributed by atoms with Crippen LogP contribution in [-0.2, 0) is 0 Å². The first kappa shape index (κ1) is 8.49. The second-order valence-electron chi connectivity index (χ2n) is 4.96. The van der Waals surface area contributed by atoms with Gasteiger partial charge >= 0.3 is 0 Å². The Morgan fingerprint density at radius 3 is 2.67 bits per heavy atom. The molecular formula is C10H18FN. The number of fused-ring (bicyclic) bond motifs is 2. The standard InChI is InChI=1S/C10H18FN/c1-9-5-3-6-10(2,12-9)8(11)4-7-9/h8,12H,3-7H2,1-2H3/t8-,9-,10+/m1/s1. The summed E-state index contributed by atoms with van der Waals surface area (Å²) in [5.41, 5.74) is 0.0147. The van der Waals surface area contributed by atoms with E-state index in [0.29, 0.717) is 0 Å². The number of nitrogens with one attached hydrogen (secondary N) is 1. The van der Waals surface area contributed by atoms with Gasteiger partial charge in [0.15, 0.2) is 0 Å². The molecule has 0 amide bonds. The van der Waals surface area contributed by atoms with E-state index >= 15 is 0 Å².